The van der Waals surface area contributed by atoms with E-state index in [1.807, 2.05) is 10.9 Å². The van der Waals surface area contributed by atoms with E-state index in [1.54, 1.807) is 0 Å². The van der Waals surface area contributed by atoms with Gasteiger partial charge in [0.15, 0.2) is 0 Å². The molecule has 1 heterocycles. The highest BCUT2D eigenvalue weighted by atomic mass is 15.3. The van der Waals surface area contributed by atoms with Gasteiger partial charge in [0.25, 0.3) is 0 Å². The van der Waals surface area contributed by atoms with Crippen LogP contribution in [-0.4, -0.2) is 9.78 Å². The molecular weight excluding hydrogens is 246 g/mol. The van der Waals surface area contributed by atoms with Crippen molar-refractivity contribution >= 4 is 5.69 Å². The summed E-state index contributed by atoms with van der Waals surface area (Å²) in [5.41, 5.74) is 3.81. The van der Waals surface area contributed by atoms with Gasteiger partial charge in [0, 0.05) is 12.2 Å². The molecule has 2 aromatic rings. The van der Waals surface area contributed by atoms with Crippen LogP contribution in [0.4, 0.5) is 5.69 Å². The highest BCUT2D eigenvalue weighted by Crippen LogP contribution is 2.23. The van der Waals surface area contributed by atoms with E-state index in [2.05, 4.69) is 68.6 Å². The molecule has 0 aliphatic heterocycles. The molecule has 1 unspecified atom stereocenters. The summed E-state index contributed by atoms with van der Waals surface area (Å²) in [5.74, 6) is 0. The Bertz CT molecular complexity index is 525. The lowest BCUT2D eigenvalue weighted by molar-refractivity contribution is 0.532. The van der Waals surface area contributed by atoms with Gasteiger partial charge in [0.2, 0.25) is 0 Å². The van der Waals surface area contributed by atoms with Crippen LogP contribution in [0.15, 0.2) is 36.7 Å². The topological polar surface area (TPSA) is 29.9 Å². The van der Waals surface area contributed by atoms with Crippen molar-refractivity contribution in [1.29, 1.82) is 0 Å². The Morgan fingerprint density at radius 2 is 1.85 bits per heavy atom. The van der Waals surface area contributed by atoms with Gasteiger partial charge >= 0.3 is 0 Å². The Morgan fingerprint density at radius 1 is 1.15 bits per heavy atom. The third kappa shape index (κ3) is 3.41. The van der Waals surface area contributed by atoms with Crippen LogP contribution >= 0.6 is 0 Å². The predicted octanol–water partition coefficient (Wildman–Crippen LogP) is 4.59. The molecule has 0 saturated heterocycles. The van der Waals surface area contributed by atoms with E-state index in [0.717, 1.165) is 18.5 Å². The molecule has 1 atom stereocenters. The Labute approximate surface area is 122 Å². The average molecular weight is 271 g/mol. The van der Waals surface area contributed by atoms with E-state index in [1.165, 1.54) is 11.1 Å². The maximum atomic E-state index is 4.38. The fourth-order valence-corrected chi connectivity index (χ4v) is 2.30. The second kappa shape index (κ2) is 6.60. The summed E-state index contributed by atoms with van der Waals surface area (Å²) in [5, 5.41) is 7.95. The fraction of sp³-hybridized carbons (Fsp3) is 0.471. The van der Waals surface area contributed by atoms with E-state index in [4.69, 9.17) is 0 Å². The van der Waals surface area contributed by atoms with E-state index >= 15 is 0 Å². The predicted molar refractivity (Wildman–Crippen MR) is 85.1 cm³/mol. The second-order valence-electron chi connectivity index (χ2n) is 5.50. The molecule has 1 aromatic heterocycles. The van der Waals surface area contributed by atoms with Crippen molar-refractivity contribution in [1.82, 2.24) is 9.78 Å². The molecule has 1 aromatic carbocycles. The number of rotatable bonds is 6. The Kier molecular flexibility index (Phi) is 4.83. The van der Waals surface area contributed by atoms with Crippen LogP contribution < -0.4 is 5.32 Å². The van der Waals surface area contributed by atoms with Gasteiger partial charge in [-0.15, -0.1) is 0 Å². The van der Waals surface area contributed by atoms with Gasteiger partial charge in [-0.1, -0.05) is 38.1 Å². The molecule has 0 aliphatic carbocycles. The van der Waals surface area contributed by atoms with Crippen molar-refractivity contribution in [3.63, 3.8) is 0 Å². The van der Waals surface area contributed by atoms with Crippen molar-refractivity contribution in [3.8, 4) is 0 Å². The smallest absolute Gasteiger partial charge is 0.0731 e. The number of anilines is 1. The molecule has 3 nitrogen and oxygen atoms in total. The minimum Gasteiger partial charge on any atom is -0.376 e. The molecule has 1 N–H and O–H groups in total. The van der Waals surface area contributed by atoms with Gasteiger partial charge in [-0.2, -0.15) is 5.10 Å². The molecule has 0 saturated carbocycles. The van der Waals surface area contributed by atoms with Crippen LogP contribution in [0.2, 0.25) is 0 Å². The quantitative estimate of drug-likeness (QED) is 0.832. The first-order chi connectivity index (χ1) is 9.63. The molecule has 3 heteroatoms. The van der Waals surface area contributed by atoms with Crippen molar-refractivity contribution in [2.45, 2.75) is 52.6 Å². The molecule has 0 bridgehead atoms. The Balaban J connectivity index is 2.10. The van der Waals surface area contributed by atoms with Gasteiger partial charge in [-0.3, -0.25) is 4.68 Å². The largest absolute Gasteiger partial charge is 0.376 e. The highest BCUT2D eigenvalue weighted by Gasteiger charge is 2.10. The Morgan fingerprint density at radius 3 is 2.35 bits per heavy atom. The number of aryl methyl sites for hydroxylation is 1. The van der Waals surface area contributed by atoms with Crippen LogP contribution in [0.3, 0.4) is 0 Å². The van der Waals surface area contributed by atoms with Crippen LogP contribution in [-0.2, 0) is 6.42 Å². The number of benzene rings is 1. The van der Waals surface area contributed by atoms with Gasteiger partial charge < -0.3 is 5.32 Å². The zero-order valence-electron chi connectivity index (χ0n) is 12.9. The number of hydrogen-bond acceptors (Lipinski definition) is 2. The van der Waals surface area contributed by atoms with E-state index in [0.29, 0.717) is 12.1 Å². The summed E-state index contributed by atoms with van der Waals surface area (Å²) in [4.78, 5) is 0. The number of nitrogens with one attached hydrogen (secondary N) is 1. The summed E-state index contributed by atoms with van der Waals surface area (Å²) in [6.07, 6.45) is 6.13. The summed E-state index contributed by atoms with van der Waals surface area (Å²) in [6, 6.07) is 9.63. The van der Waals surface area contributed by atoms with Crippen LogP contribution in [0.1, 0.15) is 57.3 Å². The van der Waals surface area contributed by atoms with Crippen molar-refractivity contribution < 1.29 is 0 Å². The van der Waals surface area contributed by atoms with Crippen LogP contribution in [0, 0.1) is 0 Å². The maximum Gasteiger partial charge on any atom is 0.0731 e. The maximum absolute atomic E-state index is 4.38. The van der Waals surface area contributed by atoms with Gasteiger partial charge in [-0.05, 0) is 37.8 Å². The lowest BCUT2D eigenvalue weighted by Crippen LogP contribution is -2.09. The minimum atomic E-state index is 0.339. The fourth-order valence-electron chi connectivity index (χ4n) is 2.30. The number of aromatic nitrogens is 2. The first-order valence-corrected chi connectivity index (χ1v) is 7.53. The molecule has 0 amide bonds. The molecule has 0 spiro atoms. The standard InChI is InChI=1S/C17H25N3/c1-5-14-7-9-15(10-8-14)17(6-2)19-16-11-18-20(12-16)13(3)4/h7-13,17,19H,5-6H2,1-4H3. The van der Waals surface area contributed by atoms with Crippen molar-refractivity contribution in [3.05, 3.63) is 47.8 Å². The molecule has 0 aliphatic rings. The van der Waals surface area contributed by atoms with Crippen LogP contribution in [0.25, 0.3) is 0 Å². The van der Waals surface area contributed by atoms with Gasteiger partial charge in [-0.25, -0.2) is 0 Å². The molecule has 20 heavy (non-hydrogen) atoms. The summed E-state index contributed by atoms with van der Waals surface area (Å²) in [6.45, 7) is 8.66. The molecule has 108 valence electrons. The van der Waals surface area contributed by atoms with Crippen molar-refractivity contribution in [2.75, 3.05) is 5.32 Å². The van der Waals surface area contributed by atoms with E-state index < -0.39 is 0 Å². The first-order valence-electron chi connectivity index (χ1n) is 7.53. The molecule has 0 radical (unpaired) electrons. The second-order valence-corrected chi connectivity index (χ2v) is 5.50. The first kappa shape index (κ1) is 14.6. The normalized spacial score (nSPS) is 12.7. The van der Waals surface area contributed by atoms with Crippen molar-refractivity contribution in [2.24, 2.45) is 0 Å². The zero-order chi connectivity index (χ0) is 14.5. The van der Waals surface area contributed by atoms with E-state index in [9.17, 15) is 0 Å². The number of nitrogens with zero attached hydrogens (tertiary/aromatic N) is 2. The third-order valence-electron chi connectivity index (χ3n) is 3.67. The minimum absolute atomic E-state index is 0.339. The zero-order valence-corrected chi connectivity index (χ0v) is 12.9. The SMILES string of the molecule is CCc1ccc(C(CC)Nc2cnn(C(C)C)c2)cc1. The average Bonchev–Trinajstić information content (AvgIpc) is 2.94. The third-order valence-corrected chi connectivity index (χ3v) is 3.67. The van der Waals surface area contributed by atoms with Gasteiger partial charge in [0.05, 0.1) is 17.9 Å². The Hall–Kier alpha value is -1.77. The molecular formula is C17H25N3. The summed E-state index contributed by atoms with van der Waals surface area (Å²) >= 11 is 0. The molecule has 0 fully saturated rings. The summed E-state index contributed by atoms with van der Waals surface area (Å²) in [7, 11) is 0. The lowest BCUT2D eigenvalue weighted by Gasteiger charge is -2.18. The van der Waals surface area contributed by atoms with Gasteiger partial charge in [0.1, 0.15) is 0 Å². The molecule has 2 rings (SSSR count). The number of hydrogen-bond donors (Lipinski definition) is 1. The monoisotopic (exact) mass is 271 g/mol. The van der Waals surface area contributed by atoms with Crippen LogP contribution in [0.5, 0.6) is 0 Å². The highest BCUT2D eigenvalue weighted by molar-refractivity contribution is 5.42. The summed E-state index contributed by atoms with van der Waals surface area (Å²) < 4.78 is 1.98. The van der Waals surface area contributed by atoms with E-state index in [-0.39, 0.29) is 0 Å². The lowest BCUT2D eigenvalue weighted by atomic mass is 10.0.